The van der Waals surface area contributed by atoms with Gasteiger partial charge in [-0.15, -0.1) is 0 Å². The lowest BCUT2D eigenvalue weighted by Gasteiger charge is -2.46. The molecule has 44 heavy (non-hydrogen) atoms. The fourth-order valence-corrected chi connectivity index (χ4v) is 5.65. The molecule has 4 rings (SSSR count). The predicted molar refractivity (Wildman–Crippen MR) is 171 cm³/mol. The first-order valence-electron chi connectivity index (χ1n) is 15.6. The molecule has 0 radical (unpaired) electrons. The highest BCUT2D eigenvalue weighted by molar-refractivity contribution is 5.47. The third-order valence-corrected chi connectivity index (χ3v) is 7.80. The van der Waals surface area contributed by atoms with Crippen molar-refractivity contribution in [2.24, 2.45) is 17.2 Å². The number of rotatable bonds is 19. The minimum atomic E-state index is -0.929. The van der Waals surface area contributed by atoms with Crippen LogP contribution in [0.2, 0.25) is 0 Å². The SMILES string of the molecule is CO[C@H]1O[C@H](COC(c2ccccc2)(c2ccccc2)c2ccccc2)[C@@H](OCCCN)[C@H](OCCCN)[C@H]1OCCCN. The molecule has 0 bridgehead atoms. The maximum atomic E-state index is 7.15. The lowest BCUT2D eigenvalue weighted by atomic mass is 9.80. The first-order chi connectivity index (χ1) is 21.7. The molecule has 1 fully saturated rings. The molecule has 0 aliphatic carbocycles. The summed E-state index contributed by atoms with van der Waals surface area (Å²) in [6.45, 7) is 3.03. The molecule has 9 nitrogen and oxygen atoms in total. The van der Waals surface area contributed by atoms with Gasteiger partial charge in [-0.2, -0.15) is 0 Å². The van der Waals surface area contributed by atoms with Gasteiger partial charge in [0, 0.05) is 26.9 Å². The lowest BCUT2D eigenvalue weighted by Crippen LogP contribution is -2.62. The number of methoxy groups -OCH3 is 1. The molecular weight excluding hydrogens is 558 g/mol. The van der Waals surface area contributed by atoms with Crippen LogP contribution in [0.1, 0.15) is 36.0 Å². The van der Waals surface area contributed by atoms with Crippen LogP contribution in [0.25, 0.3) is 0 Å². The quantitative estimate of drug-likeness (QED) is 0.138. The summed E-state index contributed by atoms with van der Waals surface area (Å²) in [5, 5.41) is 0. The van der Waals surface area contributed by atoms with Gasteiger partial charge in [0.1, 0.15) is 30.0 Å². The topological polar surface area (TPSA) is 133 Å². The van der Waals surface area contributed by atoms with Gasteiger partial charge in [0.2, 0.25) is 0 Å². The summed E-state index contributed by atoms with van der Waals surface area (Å²) >= 11 is 0. The summed E-state index contributed by atoms with van der Waals surface area (Å²) < 4.78 is 38.8. The molecule has 3 aromatic carbocycles. The van der Waals surface area contributed by atoms with Crippen LogP contribution in [0.5, 0.6) is 0 Å². The van der Waals surface area contributed by atoms with Gasteiger partial charge in [0.05, 0.1) is 6.61 Å². The smallest absolute Gasteiger partial charge is 0.186 e. The predicted octanol–water partition coefficient (Wildman–Crippen LogP) is 3.57. The van der Waals surface area contributed by atoms with E-state index in [-0.39, 0.29) is 6.61 Å². The summed E-state index contributed by atoms with van der Waals surface area (Å²) in [7, 11) is 1.61. The Kier molecular flexibility index (Phi) is 14.2. The van der Waals surface area contributed by atoms with Crippen molar-refractivity contribution in [2.45, 2.75) is 55.6 Å². The third kappa shape index (κ3) is 8.51. The monoisotopic (exact) mass is 607 g/mol. The number of ether oxygens (including phenoxy) is 6. The second-order valence-corrected chi connectivity index (χ2v) is 10.8. The van der Waals surface area contributed by atoms with Gasteiger partial charge in [0.15, 0.2) is 6.29 Å². The van der Waals surface area contributed by atoms with E-state index in [9.17, 15) is 0 Å². The number of benzene rings is 3. The average molecular weight is 608 g/mol. The standard InChI is InChI=1S/C35H49N3O6/c1-39-34-33(42-25-13-22-38)32(41-24-12-21-37)31(40-23-11-20-36)30(44-34)26-43-35(27-14-5-2-6-15-27,28-16-7-3-8-17-28)29-18-9-4-10-19-29/h2-10,14-19,30-34H,11-13,20-26,36-38H2,1H3/t30-,31-,32+,33-,34+/m1/s1. The Morgan fingerprint density at radius 3 is 1.41 bits per heavy atom. The highest BCUT2D eigenvalue weighted by Crippen LogP contribution is 2.41. The molecular formula is C35H49N3O6. The Morgan fingerprint density at radius 1 is 0.591 bits per heavy atom. The van der Waals surface area contributed by atoms with Crippen molar-refractivity contribution in [3.8, 4) is 0 Å². The molecule has 9 heteroatoms. The van der Waals surface area contributed by atoms with Crippen molar-refractivity contribution >= 4 is 0 Å². The Bertz CT molecular complexity index is 1080. The van der Waals surface area contributed by atoms with Gasteiger partial charge < -0.3 is 45.6 Å². The lowest BCUT2D eigenvalue weighted by molar-refractivity contribution is -0.320. The van der Waals surface area contributed by atoms with Gasteiger partial charge in [0.25, 0.3) is 0 Å². The molecule has 0 spiro atoms. The van der Waals surface area contributed by atoms with E-state index in [2.05, 4.69) is 36.4 Å². The fourth-order valence-electron chi connectivity index (χ4n) is 5.65. The Labute approximate surface area is 261 Å². The summed E-state index contributed by atoms with van der Waals surface area (Å²) in [6, 6.07) is 30.7. The molecule has 1 heterocycles. The van der Waals surface area contributed by atoms with E-state index in [4.69, 9.17) is 45.6 Å². The van der Waals surface area contributed by atoms with Crippen LogP contribution >= 0.6 is 0 Å². The maximum Gasteiger partial charge on any atom is 0.186 e. The largest absolute Gasteiger partial charge is 0.373 e. The zero-order valence-corrected chi connectivity index (χ0v) is 25.8. The van der Waals surface area contributed by atoms with E-state index in [1.807, 2.05) is 54.6 Å². The normalized spacial score (nSPS) is 22.2. The molecule has 0 saturated carbocycles. The summed E-state index contributed by atoms with van der Waals surface area (Å²) in [5.41, 5.74) is 19.5. The second kappa shape index (κ2) is 18.3. The first kappa shape index (κ1) is 34.2. The second-order valence-electron chi connectivity index (χ2n) is 10.8. The molecule has 1 aliphatic heterocycles. The van der Waals surface area contributed by atoms with Crippen molar-refractivity contribution < 1.29 is 28.4 Å². The number of hydrogen-bond donors (Lipinski definition) is 3. The molecule has 0 aromatic heterocycles. The number of nitrogens with two attached hydrogens (primary N) is 3. The summed E-state index contributed by atoms with van der Waals surface area (Å²) in [4.78, 5) is 0. The van der Waals surface area contributed by atoms with Crippen molar-refractivity contribution in [3.05, 3.63) is 108 Å². The van der Waals surface area contributed by atoms with E-state index in [0.29, 0.717) is 58.7 Å². The minimum Gasteiger partial charge on any atom is -0.373 e. The molecule has 1 aliphatic rings. The Morgan fingerprint density at radius 2 is 1.00 bits per heavy atom. The van der Waals surface area contributed by atoms with Gasteiger partial charge in [-0.25, -0.2) is 0 Å². The van der Waals surface area contributed by atoms with Crippen LogP contribution < -0.4 is 17.2 Å². The van der Waals surface area contributed by atoms with Crippen LogP contribution in [-0.2, 0) is 34.0 Å². The van der Waals surface area contributed by atoms with Crippen LogP contribution in [0.4, 0.5) is 0 Å². The average Bonchev–Trinajstić information content (AvgIpc) is 3.08. The van der Waals surface area contributed by atoms with Crippen LogP contribution in [-0.4, -0.2) is 83.9 Å². The maximum absolute atomic E-state index is 7.15. The van der Waals surface area contributed by atoms with Gasteiger partial charge >= 0.3 is 0 Å². The number of hydrogen-bond acceptors (Lipinski definition) is 9. The van der Waals surface area contributed by atoms with Crippen LogP contribution in [0.15, 0.2) is 91.0 Å². The van der Waals surface area contributed by atoms with E-state index in [1.165, 1.54) is 0 Å². The van der Waals surface area contributed by atoms with Crippen molar-refractivity contribution in [1.29, 1.82) is 0 Å². The van der Waals surface area contributed by atoms with Crippen LogP contribution in [0.3, 0.4) is 0 Å². The highest BCUT2D eigenvalue weighted by atomic mass is 16.7. The Balaban J connectivity index is 1.74. The van der Waals surface area contributed by atoms with E-state index < -0.39 is 36.3 Å². The Hall–Kier alpha value is -2.70. The summed E-state index contributed by atoms with van der Waals surface area (Å²) in [5.74, 6) is 0. The first-order valence-corrected chi connectivity index (χ1v) is 15.6. The van der Waals surface area contributed by atoms with Gasteiger partial charge in [-0.1, -0.05) is 91.0 Å². The van der Waals surface area contributed by atoms with Crippen molar-refractivity contribution in [2.75, 3.05) is 53.2 Å². The zero-order valence-electron chi connectivity index (χ0n) is 25.8. The van der Waals surface area contributed by atoms with Crippen molar-refractivity contribution in [3.63, 3.8) is 0 Å². The van der Waals surface area contributed by atoms with Crippen molar-refractivity contribution in [1.82, 2.24) is 0 Å². The fraction of sp³-hybridized carbons (Fsp3) is 0.486. The van der Waals surface area contributed by atoms with E-state index in [0.717, 1.165) is 16.7 Å². The third-order valence-electron chi connectivity index (χ3n) is 7.80. The van der Waals surface area contributed by atoms with E-state index in [1.54, 1.807) is 7.11 Å². The van der Waals surface area contributed by atoms with E-state index >= 15 is 0 Å². The minimum absolute atomic E-state index is 0.179. The zero-order chi connectivity index (χ0) is 31.0. The molecule has 0 amide bonds. The van der Waals surface area contributed by atoms with Crippen LogP contribution in [0, 0.1) is 0 Å². The molecule has 1 saturated heterocycles. The molecule has 5 atom stereocenters. The molecule has 6 N–H and O–H groups in total. The summed E-state index contributed by atoms with van der Waals surface area (Å²) in [6.07, 6.45) is -0.734. The molecule has 3 aromatic rings. The highest BCUT2D eigenvalue weighted by Gasteiger charge is 2.50. The van der Waals surface area contributed by atoms with Gasteiger partial charge in [-0.3, -0.25) is 0 Å². The molecule has 240 valence electrons. The van der Waals surface area contributed by atoms with Gasteiger partial charge in [-0.05, 0) is 55.6 Å². The molecule has 0 unspecified atom stereocenters.